The van der Waals surface area contributed by atoms with Crippen molar-refractivity contribution in [3.8, 4) is 0 Å². The Morgan fingerprint density at radius 1 is 1.65 bits per heavy atom. The highest BCUT2D eigenvalue weighted by atomic mass is 35.5. The van der Waals surface area contributed by atoms with Crippen molar-refractivity contribution in [1.82, 2.24) is 9.97 Å². The molecule has 1 aliphatic rings. The summed E-state index contributed by atoms with van der Waals surface area (Å²) in [5.41, 5.74) is 0.333. The first kappa shape index (κ1) is 11.9. The quantitative estimate of drug-likeness (QED) is 0.611. The van der Waals surface area contributed by atoms with Crippen molar-refractivity contribution < 1.29 is 9.53 Å². The summed E-state index contributed by atoms with van der Waals surface area (Å²) in [6.45, 7) is 0.741. The van der Waals surface area contributed by atoms with Crippen molar-refractivity contribution in [2.75, 3.05) is 25.1 Å². The third-order valence-corrected chi connectivity index (χ3v) is 2.85. The number of hydrogen-bond donors (Lipinski definition) is 1. The zero-order valence-corrected chi connectivity index (χ0v) is 10.1. The highest BCUT2D eigenvalue weighted by Gasteiger charge is 2.23. The molecular formula is C10H12ClN3O3. The van der Waals surface area contributed by atoms with E-state index < -0.39 is 0 Å². The molecule has 6 nitrogen and oxygen atoms in total. The molecule has 1 aliphatic heterocycles. The van der Waals surface area contributed by atoms with Crippen LogP contribution in [-0.2, 0) is 16.0 Å². The average Bonchev–Trinajstić information content (AvgIpc) is 2.30. The molecule has 2 heterocycles. The van der Waals surface area contributed by atoms with E-state index in [9.17, 15) is 9.59 Å². The van der Waals surface area contributed by atoms with Crippen LogP contribution in [0.1, 0.15) is 12.0 Å². The van der Waals surface area contributed by atoms with Gasteiger partial charge in [0.2, 0.25) is 5.28 Å². The Balaban J connectivity index is 2.37. The van der Waals surface area contributed by atoms with Gasteiger partial charge in [-0.2, -0.15) is 0 Å². The van der Waals surface area contributed by atoms with Crippen LogP contribution in [-0.4, -0.2) is 36.1 Å². The zero-order chi connectivity index (χ0) is 12.4. The predicted octanol–water partition coefficient (Wildman–Crippen LogP) is 0.349. The number of methoxy groups -OCH3 is 1. The first-order chi connectivity index (χ1) is 8.11. The smallest absolute Gasteiger partial charge is 0.325 e. The maximum atomic E-state index is 11.7. The van der Waals surface area contributed by atoms with Crippen LogP contribution in [0.4, 0.5) is 5.82 Å². The molecule has 0 saturated heterocycles. The number of hydrogen-bond acceptors (Lipinski definition) is 5. The maximum absolute atomic E-state index is 11.7. The Bertz CT molecular complexity index is 500. The maximum Gasteiger partial charge on any atom is 0.325 e. The van der Waals surface area contributed by atoms with Crippen molar-refractivity contribution in [2.45, 2.75) is 12.8 Å². The predicted molar refractivity (Wildman–Crippen MR) is 62.4 cm³/mol. The van der Waals surface area contributed by atoms with Crippen LogP contribution in [0, 0.1) is 0 Å². The summed E-state index contributed by atoms with van der Waals surface area (Å²) in [5, 5.41) is 0.0329. The number of carbonyl (C=O) groups excluding carboxylic acids is 1. The fraction of sp³-hybridized carbons (Fsp3) is 0.500. The minimum atomic E-state index is -0.365. The van der Waals surface area contributed by atoms with E-state index in [1.807, 2.05) is 0 Å². The molecule has 0 fully saturated rings. The van der Waals surface area contributed by atoms with Crippen LogP contribution in [0.25, 0.3) is 0 Å². The van der Waals surface area contributed by atoms with Crippen LogP contribution >= 0.6 is 11.6 Å². The highest BCUT2D eigenvalue weighted by Crippen LogP contribution is 2.22. The molecule has 0 spiro atoms. The van der Waals surface area contributed by atoms with Crippen molar-refractivity contribution in [1.29, 1.82) is 0 Å². The van der Waals surface area contributed by atoms with E-state index in [-0.39, 0.29) is 23.4 Å². The Hall–Kier alpha value is -1.56. The number of aromatic nitrogens is 2. The largest absolute Gasteiger partial charge is 0.468 e. The SMILES string of the molecule is COC(=O)CN1CCCc2c1nc(Cl)[nH]c2=O. The lowest BCUT2D eigenvalue weighted by molar-refractivity contribution is -0.139. The van der Waals surface area contributed by atoms with E-state index in [0.29, 0.717) is 24.3 Å². The molecule has 7 heteroatoms. The van der Waals surface area contributed by atoms with Gasteiger partial charge in [-0.25, -0.2) is 4.98 Å². The van der Waals surface area contributed by atoms with Gasteiger partial charge in [0.15, 0.2) is 0 Å². The summed E-state index contributed by atoms with van der Waals surface area (Å²) in [6.07, 6.45) is 1.45. The average molecular weight is 258 g/mol. The number of esters is 1. The van der Waals surface area contributed by atoms with Crippen LogP contribution in [0.2, 0.25) is 5.28 Å². The Kier molecular flexibility index (Phi) is 3.33. The zero-order valence-electron chi connectivity index (χ0n) is 9.33. The van der Waals surface area contributed by atoms with Crippen molar-refractivity contribution >= 4 is 23.4 Å². The molecule has 17 heavy (non-hydrogen) atoms. The van der Waals surface area contributed by atoms with Gasteiger partial charge in [0, 0.05) is 6.54 Å². The summed E-state index contributed by atoms with van der Waals surface area (Å²) in [7, 11) is 1.32. The van der Waals surface area contributed by atoms with E-state index in [2.05, 4.69) is 14.7 Å². The molecule has 0 aliphatic carbocycles. The van der Waals surface area contributed by atoms with E-state index in [1.54, 1.807) is 4.90 Å². The van der Waals surface area contributed by atoms with E-state index >= 15 is 0 Å². The molecule has 0 amide bonds. The minimum absolute atomic E-state index is 0.0329. The van der Waals surface area contributed by atoms with Gasteiger partial charge in [-0.15, -0.1) is 0 Å². The van der Waals surface area contributed by atoms with Gasteiger partial charge in [0.25, 0.3) is 5.56 Å². The summed E-state index contributed by atoms with van der Waals surface area (Å²) in [6, 6.07) is 0. The molecule has 1 aromatic rings. The van der Waals surface area contributed by atoms with Gasteiger partial charge < -0.3 is 9.64 Å². The summed E-state index contributed by atoms with van der Waals surface area (Å²) in [4.78, 5) is 31.1. The molecule has 0 atom stereocenters. The topological polar surface area (TPSA) is 75.3 Å². The van der Waals surface area contributed by atoms with Gasteiger partial charge in [-0.1, -0.05) is 0 Å². The first-order valence-corrected chi connectivity index (χ1v) is 5.60. The molecular weight excluding hydrogens is 246 g/mol. The van der Waals surface area contributed by atoms with Crippen LogP contribution in [0.5, 0.6) is 0 Å². The molecule has 0 aromatic carbocycles. The number of H-pyrrole nitrogens is 1. The number of aromatic amines is 1. The molecule has 1 aromatic heterocycles. The second-order valence-electron chi connectivity index (χ2n) is 3.76. The molecule has 0 radical (unpaired) electrons. The molecule has 1 N–H and O–H groups in total. The number of rotatable bonds is 2. The molecule has 0 unspecified atom stereocenters. The lowest BCUT2D eigenvalue weighted by Gasteiger charge is -2.28. The number of ether oxygens (including phenoxy) is 1. The number of carbonyl (C=O) groups is 1. The highest BCUT2D eigenvalue weighted by molar-refractivity contribution is 6.28. The molecule has 92 valence electrons. The fourth-order valence-electron chi connectivity index (χ4n) is 1.87. The van der Waals surface area contributed by atoms with E-state index in [0.717, 1.165) is 6.42 Å². The lowest BCUT2D eigenvalue weighted by atomic mass is 10.1. The molecule has 2 rings (SSSR count). The number of fused-ring (bicyclic) bond motifs is 1. The Morgan fingerprint density at radius 3 is 3.12 bits per heavy atom. The van der Waals surface area contributed by atoms with Crippen molar-refractivity contribution in [3.63, 3.8) is 0 Å². The molecule has 0 bridgehead atoms. The van der Waals surface area contributed by atoms with E-state index in [4.69, 9.17) is 11.6 Å². The Labute approximate surface area is 103 Å². The second kappa shape index (κ2) is 4.75. The van der Waals surface area contributed by atoms with Crippen molar-refractivity contribution in [3.05, 3.63) is 21.2 Å². The number of halogens is 1. The first-order valence-electron chi connectivity index (χ1n) is 5.22. The monoisotopic (exact) mass is 257 g/mol. The number of anilines is 1. The van der Waals surface area contributed by atoms with Gasteiger partial charge in [-0.05, 0) is 24.4 Å². The van der Waals surface area contributed by atoms with Crippen molar-refractivity contribution in [2.24, 2.45) is 0 Å². The standard InChI is InChI=1S/C10H12ClN3O3/c1-17-7(15)5-14-4-2-3-6-8(14)12-10(11)13-9(6)16/h2-5H2,1H3,(H,12,13,16). The van der Waals surface area contributed by atoms with Gasteiger partial charge in [0.1, 0.15) is 12.4 Å². The van der Waals surface area contributed by atoms with Gasteiger partial charge in [-0.3, -0.25) is 14.6 Å². The third-order valence-electron chi connectivity index (χ3n) is 2.67. The van der Waals surface area contributed by atoms with Crippen LogP contribution in [0.3, 0.4) is 0 Å². The third kappa shape index (κ3) is 2.41. The number of nitrogens with one attached hydrogen (secondary N) is 1. The summed E-state index contributed by atoms with van der Waals surface area (Å²) < 4.78 is 4.60. The number of nitrogens with zero attached hydrogens (tertiary/aromatic N) is 2. The van der Waals surface area contributed by atoms with E-state index in [1.165, 1.54) is 7.11 Å². The molecule has 0 saturated carbocycles. The van der Waals surface area contributed by atoms with Crippen LogP contribution < -0.4 is 10.5 Å². The van der Waals surface area contributed by atoms with Gasteiger partial charge in [0.05, 0.1) is 12.7 Å². The van der Waals surface area contributed by atoms with Gasteiger partial charge >= 0.3 is 5.97 Å². The van der Waals surface area contributed by atoms with Crippen LogP contribution in [0.15, 0.2) is 4.79 Å². The summed E-state index contributed by atoms with van der Waals surface area (Å²) in [5.74, 6) is 0.117. The Morgan fingerprint density at radius 2 is 2.41 bits per heavy atom. The normalized spacial score (nSPS) is 14.4. The minimum Gasteiger partial charge on any atom is -0.468 e. The fourth-order valence-corrected chi connectivity index (χ4v) is 2.04. The summed E-state index contributed by atoms with van der Waals surface area (Å²) >= 11 is 5.71. The lowest BCUT2D eigenvalue weighted by Crippen LogP contribution is -2.38. The second-order valence-corrected chi connectivity index (χ2v) is 4.12.